The lowest BCUT2D eigenvalue weighted by Crippen LogP contribution is -2.30. The first-order chi connectivity index (χ1) is 18.5. The number of hydrogen-bond acceptors (Lipinski definition) is 3. The number of aromatic amines is 1. The minimum Gasteiger partial charge on any atom is -0.303 e. The number of rotatable bonds is 5. The van der Waals surface area contributed by atoms with Gasteiger partial charge in [0.25, 0.3) is 11.5 Å². The van der Waals surface area contributed by atoms with Crippen LogP contribution in [0.5, 0.6) is 0 Å². The van der Waals surface area contributed by atoms with Gasteiger partial charge in [-0.3, -0.25) is 19.6 Å². The molecule has 2 heterocycles. The van der Waals surface area contributed by atoms with Gasteiger partial charge in [0.2, 0.25) is 0 Å². The molecule has 3 aromatic carbocycles. The van der Waals surface area contributed by atoms with E-state index in [0.29, 0.717) is 16.9 Å². The van der Waals surface area contributed by atoms with Gasteiger partial charge in [0.1, 0.15) is 5.70 Å². The molecule has 0 spiro atoms. The third-order valence-corrected chi connectivity index (χ3v) is 6.65. The van der Waals surface area contributed by atoms with Crippen molar-refractivity contribution in [1.29, 1.82) is 0 Å². The molecule has 4 aromatic rings. The Kier molecular flexibility index (Phi) is 6.47. The average molecular weight is 533 g/mol. The van der Waals surface area contributed by atoms with Crippen molar-refractivity contribution < 1.29 is 22.8 Å². The molecule has 0 saturated carbocycles. The van der Waals surface area contributed by atoms with Gasteiger partial charge >= 0.3 is 12.2 Å². The number of aryl methyl sites for hydroxylation is 1. The third-order valence-electron chi connectivity index (χ3n) is 6.65. The van der Waals surface area contributed by atoms with Gasteiger partial charge < -0.3 is 5.32 Å². The lowest BCUT2D eigenvalue weighted by atomic mass is 10.1. The summed E-state index contributed by atoms with van der Waals surface area (Å²) < 4.78 is 40.8. The molecule has 7 nitrogen and oxygen atoms in total. The van der Waals surface area contributed by atoms with E-state index in [2.05, 4.69) is 10.4 Å². The van der Waals surface area contributed by atoms with E-state index in [-0.39, 0.29) is 23.4 Å². The van der Waals surface area contributed by atoms with E-state index in [1.807, 2.05) is 32.0 Å². The Hall–Kier alpha value is -4.86. The van der Waals surface area contributed by atoms with E-state index in [1.165, 1.54) is 22.9 Å². The summed E-state index contributed by atoms with van der Waals surface area (Å²) in [6.45, 7) is 3.46. The average Bonchev–Trinajstić information content (AvgIpc) is 3.37. The normalized spacial score (nSPS) is 14.8. The number of carbonyl (C=O) groups is 2. The van der Waals surface area contributed by atoms with E-state index in [0.717, 1.165) is 28.2 Å². The maximum atomic E-state index is 13.7. The number of halogens is 3. The van der Waals surface area contributed by atoms with Crippen molar-refractivity contribution in [3.05, 3.63) is 117 Å². The second kappa shape index (κ2) is 9.79. The van der Waals surface area contributed by atoms with Crippen LogP contribution in [0.2, 0.25) is 0 Å². The van der Waals surface area contributed by atoms with Crippen molar-refractivity contribution in [2.45, 2.75) is 26.6 Å². The van der Waals surface area contributed by atoms with Crippen LogP contribution in [0, 0.1) is 13.8 Å². The van der Waals surface area contributed by atoms with Crippen LogP contribution in [0.3, 0.4) is 0 Å². The van der Waals surface area contributed by atoms with E-state index in [9.17, 15) is 27.6 Å². The number of imide groups is 1. The minimum absolute atomic E-state index is 0.137. The number of nitrogens with zero attached hydrogens (tertiary/aromatic N) is 2. The predicted molar refractivity (Wildman–Crippen MR) is 140 cm³/mol. The molecule has 1 aromatic heterocycles. The van der Waals surface area contributed by atoms with Crippen LogP contribution in [-0.2, 0) is 17.5 Å². The van der Waals surface area contributed by atoms with Crippen LogP contribution in [-0.4, -0.2) is 26.6 Å². The number of urea groups is 1. The van der Waals surface area contributed by atoms with Crippen LogP contribution in [0.25, 0.3) is 23.0 Å². The van der Waals surface area contributed by atoms with Crippen molar-refractivity contribution in [1.82, 2.24) is 20.0 Å². The summed E-state index contributed by atoms with van der Waals surface area (Å²) in [6, 6.07) is 18.2. The lowest BCUT2D eigenvalue weighted by molar-refractivity contribution is -0.137. The molecule has 3 amide bonds. The first-order valence-corrected chi connectivity index (χ1v) is 12.0. The molecule has 1 aliphatic rings. The predicted octanol–water partition coefficient (Wildman–Crippen LogP) is 5.56. The fraction of sp³-hybridized carbons (Fsp3) is 0.138. The molecule has 0 aliphatic carbocycles. The van der Waals surface area contributed by atoms with Crippen molar-refractivity contribution in [3.63, 3.8) is 0 Å². The molecule has 5 rings (SSSR count). The Morgan fingerprint density at radius 1 is 0.897 bits per heavy atom. The third kappa shape index (κ3) is 4.88. The van der Waals surface area contributed by atoms with Gasteiger partial charge in [0, 0.05) is 5.56 Å². The maximum absolute atomic E-state index is 13.7. The lowest BCUT2D eigenvalue weighted by Gasteiger charge is -2.13. The monoisotopic (exact) mass is 532 g/mol. The summed E-state index contributed by atoms with van der Waals surface area (Å²) in [7, 11) is 0. The number of alkyl halides is 3. The van der Waals surface area contributed by atoms with Crippen LogP contribution in [0.4, 0.5) is 18.0 Å². The second-order valence-electron chi connectivity index (χ2n) is 9.20. The van der Waals surface area contributed by atoms with Crippen LogP contribution < -0.4 is 10.9 Å². The maximum Gasteiger partial charge on any atom is 0.416 e. The van der Waals surface area contributed by atoms with Crippen LogP contribution in [0.15, 0.2) is 83.3 Å². The topological polar surface area (TPSA) is 87.2 Å². The number of hydrogen-bond donors (Lipinski definition) is 2. The van der Waals surface area contributed by atoms with Gasteiger partial charge in [-0.1, -0.05) is 54.6 Å². The second-order valence-corrected chi connectivity index (χ2v) is 9.20. The molecular weight excluding hydrogens is 509 g/mol. The highest BCUT2D eigenvalue weighted by molar-refractivity contribution is 6.14. The van der Waals surface area contributed by atoms with Crippen molar-refractivity contribution in [2.75, 3.05) is 0 Å². The Bertz CT molecular complexity index is 1680. The highest BCUT2D eigenvalue weighted by Gasteiger charge is 2.35. The molecule has 1 aliphatic heterocycles. The Labute approximate surface area is 221 Å². The molecule has 0 unspecified atom stereocenters. The number of carbonyl (C=O) groups excluding carboxylic acids is 2. The molecule has 198 valence electrons. The quantitative estimate of drug-likeness (QED) is 0.261. The summed E-state index contributed by atoms with van der Waals surface area (Å²) in [5, 5.41) is 5.59. The summed E-state index contributed by atoms with van der Waals surface area (Å²) in [4.78, 5) is 40.3. The fourth-order valence-corrected chi connectivity index (χ4v) is 4.44. The van der Waals surface area contributed by atoms with Crippen LogP contribution >= 0.6 is 0 Å². The highest BCUT2D eigenvalue weighted by Crippen LogP contribution is 2.30. The zero-order valence-electron chi connectivity index (χ0n) is 21.0. The molecule has 1 fully saturated rings. The Morgan fingerprint density at radius 3 is 2.33 bits per heavy atom. The zero-order chi connectivity index (χ0) is 27.9. The fourth-order valence-electron chi connectivity index (χ4n) is 4.44. The van der Waals surface area contributed by atoms with E-state index < -0.39 is 29.2 Å². The van der Waals surface area contributed by atoms with Crippen molar-refractivity contribution in [2.24, 2.45) is 0 Å². The Morgan fingerprint density at radius 2 is 1.62 bits per heavy atom. The minimum atomic E-state index is -4.56. The molecular formula is C29H23F3N4O3. The summed E-state index contributed by atoms with van der Waals surface area (Å²) in [5.41, 5.74) is 2.43. The molecule has 1 saturated heterocycles. The van der Waals surface area contributed by atoms with Gasteiger partial charge in [-0.25, -0.2) is 9.48 Å². The SMILES string of the molecule is Cc1cccc(-n2[nH]c(-c3ccccc3)c(/C=C3\NC(=O)N(Cc4cccc(C(F)(F)F)c4)C3=O)c2=O)c1C. The standard InChI is InChI=1S/C29H23F3N4O3/c1-17-8-6-13-24(18(17)2)36-26(37)22(25(34-36)20-10-4-3-5-11-20)15-23-27(38)35(28(39)33-23)16-19-9-7-12-21(14-19)29(30,31)32/h3-15,34H,16H2,1-2H3,(H,33,39)/b23-15-. The van der Waals surface area contributed by atoms with Gasteiger partial charge in [-0.05, 0) is 54.8 Å². The van der Waals surface area contributed by atoms with E-state index in [1.54, 1.807) is 30.3 Å². The van der Waals surface area contributed by atoms with Gasteiger partial charge in [-0.2, -0.15) is 13.2 Å². The molecule has 0 bridgehead atoms. The van der Waals surface area contributed by atoms with E-state index in [4.69, 9.17) is 0 Å². The number of aromatic nitrogens is 2. The highest BCUT2D eigenvalue weighted by atomic mass is 19.4. The summed E-state index contributed by atoms with van der Waals surface area (Å²) in [5.74, 6) is -0.754. The first kappa shape index (κ1) is 25.8. The zero-order valence-corrected chi connectivity index (χ0v) is 21.0. The van der Waals surface area contributed by atoms with Gasteiger partial charge in [0.15, 0.2) is 0 Å². The molecule has 39 heavy (non-hydrogen) atoms. The van der Waals surface area contributed by atoms with Gasteiger partial charge in [0.05, 0.1) is 29.1 Å². The smallest absolute Gasteiger partial charge is 0.303 e. The largest absolute Gasteiger partial charge is 0.416 e. The molecule has 0 atom stereocenters. The number of nitrogens with one attached hydrogen (secondary N) is 2. The van der Waals surface area contributed by atoms with Gasteiger partial charge in [-0.15, -0.1) is 0 Å². The van der Waals surface area contributed by atoms with Crippen LogP contribution in [0.1, 0.15) is 27.8 Å². The first-order valence-electron chi connectivity index (χ1n) is 12.0. The number of benzene rings is 3. The summed E-state index contributed by atoms with van der Waals surface area (Å²) in [6.07, 6.45) is -3.26. The van der Waals surface area contributed by atoms with Crippen molar-refractivity contribution in [3.8, 4) is 16.9 Å². The number of amides is 3. The Balaban J connectivity index is 1.55. The van der Waals surface area contributed by atoms with E-state index >= 15 is 0 Å². The van der Waals surface area contributed by atoms with Crippen molar-refractivity contribution >= 4 is 18.0 Å². The molecule has 10 heteroatoms. The molecule has 0 radical (unpaired) electrons. The number of H-pyrrole nitrogens is 1. The summed E-state index contributed by atoms with van der Waals surface area (Å²) >= 11 is 0. The molecule has 2 N–H and O–H groups in total.